The molecule has 2 heterocycles. The second-order valence-electron chi connectivity index (χ2n) is 7.28. The molecule has 1 aromatic heterocycles. The van der Waals surface area contributed by atoms with E-state index >= 15 is 0 Å². The molecule has 4 rings (SSSR count). The fourth-order valence-corrected chi connectivity index (χ4v) is 3.43. The highest BCUT2D eigenvalue weighted by atomic mass is 16.7. The Morgan fingerprint density at radius 2 is 1.62 bits per heavy atom. The van der Waals surface area contributed by atoms with Gasteiger partial charge in [0.2, 0.25) is 12.0 Å². The molecule has 0 saturated carbocycles. The van der Waals surface area contributed by atoms with Gasteiger partial charge in [0.1, 0.15) is 47.1 Å². The van der Waals surface area contributed by atoms with Crippen molar-refractivity contribution in [1.29, 1.82) is 0 Å². The van der Waals surface area contributed by atoms with Gasteiger partial charge in [-0.15, -0.1) is 0 Å². The van der Waals surface area contributed by atoms with Crippen LogP contribution in [0.25, 0.3) is 22.3 Å². The maximum Gasteiger partial charge on any atom is 0.229 e. The van der Waals surface area contributed by atoms with E-state index in [1.807, 2.05) is 0 Å². The van der Waals surface area contributed by atoms with Crippen LogP contribution in [0.1, 0.15) is 0 Å². The Bertz CT molecular complexity index is 1190. The highest BCUT2D eigenvalue weighted by Crippen LogP contribution is 2.41. The van der Waals surface area contributed by atoms with E-state index in [4.69, 9.17) is 13.9 Å². The van der Waals surface area contributed by atoms with E-state index in [-0.39, 0.29) is 16.9 Å². The first kappa shape index (κ1) is 21.9. The second kappa shape index (κ2) is 8.30. The molecule has 170 valence electrons. The summed E-state index contributed by atoms with van der Waals surface area (Å²) in [5.41, 5.74) is -0.678. The van der Waals surface area contributed by atoms with Crippen molar-refractivity contribution in [2.75, 3.05) is 6.61 Å². The van der Waals surface area contributed by atoms with Gasteiger partial charge in [-0.05, 0) is 24.3 Å². The summed E-state index contributed by atoms with van der Waals surface area (Å²) in [6.45, 7) is -0.690. The molecule has 1 aliphatic rings. The summed E-state index contributed by atoms with van der Waals surface area (Å²) < 4.78 is 16.2. The van der Waals surface area contributed by atoms with Gasteiger partial charge in [-0.1, -0.05) is 0 Å². The molecule has 11 nitrogen and oxygen atoms in total. The number of hydrogen-bond donors (Lipinski definition) is 7. The smallest absolute Gasteiger partial charge is 0.229 e. The molecule has 1 fully saturated rings. The van der Waals surface area contributed by atoms with Crippen LogP contribution in [0.3, 0.4) is 0 Å². The van der Waals surface area contributed by atoms with Crippen molar-refractivity contribution in [1.82, 2.24) is 0 Å². The van der Waals surface area contributed by atoms with Gasteiger partial charge in [-0.2, -0.15) is 0 Å². The lowest BCUT2D eigenvalue weighted by atomic mass is 9.99. The number of phenolic OH excluding ortho intramolecular Hbond substituents is 3. The predicted molar refractivity (Wildman–Crippen MR) is 107 cm³/mol. The summed E-state index contributed by atoms with van der Waals surface area (Å²) in [7, 11) is 0. The van der Waals surface area contributed by atoms with Gasteiger partial charge >= 0.3 is 0 Å². The Hall–Kier alpha value is -3.35. The summed E-state index contributed by atoms with van der Waals surface area (Å²) in [6.07, 6.45) is -7.99. The molecule has 0 radical (unpaired) electrons. The van der Waals surface area contributed by atoms with Crippen molar-refractivity contribution in [3.05, 3.63) is 46.6 Å². The molecule has 0 unspecified atom stereocenters. The molecule has 1 aliphatic heterocycles. The van der Waals surface area contributed by atoms with Gasteiger partial charge in [0.05, 0.1) is 6.61 Å². The van der Waals surface area contributed by atoms with Crippen LogP contribution in [0.4, 0.5) is 0 Å². The minimum atomic E-state index is -1.76. The molecule has 2 aromatic carbocycles. The Morgan fingerprint density at radius 3 is 2.28 bits per heavy atom. The van der Waals surface area contributed by atoms with Gasteiger partial charge in [-0.3, -0.25) is 4.79 Å². The van der Waals surface area contributed by atoms with Crippen molar-refractivity contribution >= 4 is 11.0 Å². The third-order valence-corrected chi connectivity index (χ3v) is 5.16. The molecule has 5 atom stereocenters. The zero-order valence-corrected chi connectivity index (χ0v) is 16.3. The van der Waals surface area contributed by atoms with Crippen LogP contribution in [0.5, 0.6) is 23.0 Å². The summed E-state index contributed by atoms with van der Waals surface area (Å²) in [5.74, 6) is -1.73. The maximum absolute atomic E-state index is 12.6. The summed E-state index contributed by atoms with van der Waals surface area (Å²) in [6, 6.07) is 7.70. The van der Waals surface area contributed by atoms with E-state index in [2.05, 4.69) is 0 Å². The van der Waals surface area contributed by atoms with Crippen LogP contribution >= 0.6 is 0 Å². The van der Waals surface area contributed by atoms with E-state index in [9.17, 15) is 40.5 Å². The Labute approximate surface area is 179 Å². The van der Waals surface area contributed by atoms with Crippen LogP contribution in [0, 0.1) is 0 Å². The lowest BCUT2D eigenvalue weighted by Gasteiger charge is -2.39. The highest BCUT2D eigenvalue weighted by molar-refractivity contribution is 5.91. The highest BCUT2D eigenvalue weighted by Gasteiger charge is 2.45. The molecule has 0 bridgehead atoms. The minimum Gasteiger partial charge on any atom is -0.508 e. The Morgan fingerprint density at radius 1 is 0.938 bits per heavy atom. The molecular formula is C21H20O11. The zero-order valence-electron chi connectivity index (χ0n) is 16.3. The summed E-state index contributed by atoms with van der Waals surface area (Å²) in [4.78, 5) is 12.6. The SMILES string of the molecule is O=c1cc(-c2ccc(O)cc2)oc2c(O)c(O[C@H]3O[C@@H](CO)[C@H](O)[C@H](O)[C@@H]3O)cc(O)c12. The predicted octanol–water partition coefficient (Wildman–Crippen LogP) is -0.245. The molecular weight excluding hydrogens is 428 g/mol. The van der Waals surface area contributed by atoms with Crippen molar-refractivity contribution in [2.45, 2.75) is 30.7 Å². The topological polar surface area (TPSA) is 190 Å². The number of ether oxygens (including phenoxy) is 2. The first-order chi connectivity index (χ1) is 15.2. The summed E-state index contributed by atoms with van der Waals surface area (Å²) in [5, 5.41) is 69.3. The third kappa shape index (κ3) is 3.72. The Kier molecular flexibility index (Phi) is 5.67. The van der Waals surface area contributed by atoms with Crippen molar-refractivity contribution in [3.63, 3.8) is 0 Å². The van der Waals surface area contributed by atoms with E-state index < -0.39 is 65.6 Å². The van der Waals surface area contributed by atoms with Crippen LogP contribution in [-0.4, -0.2) is 73.1 Å². The quantitative estimate of drug-likeness (QED) is 0.261. The van der Waals surface area contributed by atoms with Crippen LogP contribution in [-0.2, 0) is 4.74 Å². The van der Waals surface area contributed by atoms with Crippen molar-refractivity contribution in [2.24, 2.45) is 0 Å². The molecule has 0 spiro atoms. The van der Waals surface area contributed by atoms with Gasteiger partial charge in [0.15, 0.2) is 16.8 Å². The molecule has 0 amide bonds. The first-order valence-electron chi connectivity index (χ1n) is 9.50. The van der Waals surface area contributed by atoms with Gasteiger partial charge in [0, 0.05) is 17.7 Å². The lowest BCUT2D eigenvalue weighted by molar-refractivity contribution is -0.277. The van der Waals surface area contributed by atoms with Gasteiger partial charge < -0.3 is 49.6 Å². The number of hydrogen-bond acceptors (Lipinski definition) is 11. The average Bonchev–Trinajstić information content (AvgIpc) is 2.77. The largest absolute Gasteiger partial charge is 0.508 e. The molecule has 0 aliphatic carbocycles. The fraction of sp³-hybridized carbons (Fsp3) is 0.286. The number of rotatable bonds is 4. The molecule has 11 heteroatoms. The lowest BCUT2D eigenvalue weighted by Crippen LogP contribution is -2.60. The number of benzene rings is 2. The summed E-state index contributed by atoms with van der Waals surface area (Å²) >= 11 is 0. The van der Waals surface area contributed by atoms with Gasteiger partial charge in [0.25, 0.3) is 0 Å². The Balaban J connectivity index is 1.77. The average molecular weight is 448 g/mol. The molecule has 1 saturated heterocycles. The zero-order chi connectivity index (χ0) is 23.2. The van der Waals surface area contributed by atoms with Gasteiger partial charge in [-0.25, -0.2) is 0 Å². The number of fused-ring (bicyclic) bond motifs is 1. The van der Waals surface area contributed by atoms with E-state index in [0.29, 0.717) is 5.56 Å². The molecule has 7 N–H and O–H groups in total. The van der Waals surface area contributed by atoms with Crippen LogP contribution < -0.4 is 10.2 Å². The van der Waals surface area contributed by atoms with Crippen LogP contribution in [0.15, 0.2) is 45.6 Å². The van der Waals surface area contributed by atoms with Crippen molar-refractivity contribution in [3.8, 4) is 34.3 Å². The fourth-order valence-electron chi connectivity index (χ4n) is 3.43. The molecule has 3 aromatic rings. The number of aliphatic hydroxyl groups excluding tert-OH is 4. The normalized spacial score (nSPS) is 25.7. The second-order valence-corrected chi connectivity index (χ2v) is 7.28. The number of phenols is 3. The molecule has 32 heavy (non-hydrogen) atoms. The standard InChI is InChI=1S/C21H20O11/c22-7-14-16(26)18(28)19(29)21(32-14)31-13-6-11(25)15-10(24)5-12(30-20(15)17(13)27)8-1-3-9(23)4-2-8/h1-6,14,16,18-19,21-23,25-29H,7H2/t14-,16-,18-,19-,21-/m0/s1. The third-order valence-electron chi connectivity index (χ3n) is 5.16. The minimum absolute atomic E-state index is 0.00686. The van der Waals surface area contributed by atoms with E-state index in [1.165, 1.54) is 24.3 Å². The monoisotopic (exact) mass is 448 g/mol. The van der Waals surface area contributed by atoms with E-state index in [0.717, 1.165) is 12.1 Å². The number of aromatic hydroxyl groups is 3. The van der Waals surface area contributed by atoms with E-state index in [1.54, 1.807) is 0 Å². The number of aliphatic hydroxyl groups is 4. The maximum atomic E-state index is 12.6. The first-order valence-corrected chi connectivity index (χ1v) is 9.50. The van der Waals surface area contributed by atoms with Crippen LogP contribution in [0.2, 0.25) is 0 Å². The van der Waals surface area contributed by atoms with Crippen molar-refractivity contribution < 1.29 is 49.6 Å².